The topological polar surface area (TPSA) is 110 Å². The van der Waals surface area contributed by atoms with E-state index in [2.05, 4.69) is 5.32 Å². The molecule has 1 aromatic carbocycles. The average molecular weight is 374 g/mol. The number of hydrogen-bond donors (Lipinski definition) is 1. The molecule has 8 nitrogen and oxygen atoms in total. The molecule has 27 heavy (non-hydrogen) atoms. The Labute approximate surface area is 156 Å². The van der Waals surface area contributed by atoms with Crippen molar-refractivity contribution in [1.82, 2.24) is 4.90 Å². The molecule has 0 saturated carbocycles. The number of rotatable bonds is 9. The zero-order chi connectivity index (χ0) is 19.8. The molecule has 1 aliphatic heterocycles. The van der Waals surface area contributed by atoms with Crippen LogP contribution in [-0.4, -0.2) is 47.5 Å². The van der Waals surface area contributed by atoms with Gasteiger partial charge in [-0.3, -0.25) is 28.9 Å². The van der Waals surface area contributed by atoms with Crippen LogP contribution in [0.1, 0.15) is 49.4 Å². The molecule has 0 aromatic heterocycles. The summed E-state index contributed by atoms with van der Waals surface area (Å²) in [7, 11) is 0. The van der Waals surface area contributed by atoms with Crippen molar-refractivity contribution >= 4 is 35.2 Å². The number of Topliss-reactive ketones (excluding diaryl/α,β-unsaturated/α-hetero) is 1. The van der Waals surface area contributed by atoms with Crippen molar-refractivity contribution in [2.45, 2.75) is 39.0 Å². The summed E-state index contributed by atoms with van der Waals surface area (Å²) in [5.74, 6) is -1.73. The summed E-state index contributed by atoms with van der Waals surface area (Å²) in [4.78, 5) is 59.2. The molecule has 1 heterocycles. The quantitative estimate of drug-likeness (QED) is 0.400. The lowest BCUT2D eigenvalue weighted by atomic mass is 10.1. The highest BCUT2D eigenvalue weighted by Crippen LogP contribution is 2.13. The number of esters is 1. The van der Waals surface area contributed by atoms with Crippen LogP contribution in [0.3, 0.4) is 0 Å². The van der Waals surface area contributed by atoms with Crippen LogP contribution in [0, 0.1) is 0 Å². The van der Waals surface area contributed by atoms with E-state index in [0.717, 1.165) is 11.3 Å². The fourth-order valence-electron chi connectivity index (χ4n) is 2.57. The number of benzene rings is 1. The van der Waals surface area contributed by atoms with E-state index in [9.17, 15) is 24.0 Å². The highest BCUT2D eigenvalue weighted by atomic mass is 16.5. The van der Waals surface area contributed by atoms with E-state index in [0.29, 0.717) is 17.7 Å². The van der Waals surface area contributed by atoms with E-state index >= 15 is 0 Å². The lowest BCUT2D eigenvalue weighted by molar-refractivity contribution is -0.144. The molecule has 0 bridgehead atoms. The van der Waals surface area contributed by atoms with Crippen LogP contribution in [0.5, 0.6) is 0 Å². The number of ether oxygens (including phenoxy) is 1. The van der Waals surface area contributed by atoms with Gasteiger partial charge in [0.1, 0.15) is 0 Å². The van der Waals surface area contributed by atoms with Crippen molar-refractivity contribution in [2.75, 3.05) is 18.5 Å². The van der Waals surface area contributed by atoms with Crippen LogP contribution in [0.25, 0.3) is 0 Å². The first kappa shape index (κ1) is 20.3. The minimum absolute atomic E-state index is 0.0309. The number of imide groups is 1. The molecular formula is C19H22N2O6. The van der Waals surface area contributed by atoms with Gasteiger partial charge in [-0.05, 0) is 30.7 Å². The Morgan fingerprint density at radius 2 is 1.67 bits per heavy atom. The first-order chi connectivity index (χ1) is 12.9. The zero-order valence-electron chi connectivity index (χ0n) is 15.2. The lowest BCUT2D eigenvalue weighted by Gasteiger charge is -2.12. The van der Waals surface area contributed by atoms with Gasteiger partial charge in [0.15, 0.2) is 12.4 Å². The molecule has 144 valence electrons. The van der Waals surface area contributed by atoms with Crippen molar-refractivity contribution in [3.8, 4) is 0 Å². The Kier molecular flexibility index (Phi) is 7.22. The van der Waals surface area contributed by atoms with E-state index in [1.165, 1.54) is 0 Å². The molecule has 1 fully saturated rings. The van der Waals surface area contributed by atoms with Gasteiger partial charge in [-0.1, -0.05) is 6.92 Å². The highest BCUT2D eigenvalue weighted by molar-refractivity contribution is 6.02. The Morgan fingerprint density at radius 1 is 1.04 bits per heavy atom. The molecule has 3 amide bonds. The van der Waals surface area contributed by atoms with Crippen LogP contribution in [0.2, 0.25) is 0 Å². The lowest BCUT2D eigenvalue weighted by Crippen LogP contribution is -2.31. The SMILES string of the molecule is CCCC(=O)Nc1ccc(C(=O)COC(=O)CCN2C(=O)CCC2=O)cc1. The van der Waals surface area contributed by atoms with Gasteiger partial charge in [0.2, 0.25) is 17.7 Å². The molecule has 1 N–H and O–H groups in total. The number of anilines is 1. The van der Waals surface area contributed by atoms with Crippen LogP contribution < -0.4 is 5.32 Å². The predicted octanol–water partition coefficient (Wildman–Crippen LogP) is 1.69. The van der Waals surface area contributed by atoms with E-state index in [1.807, 2.05) is 6.92 Å². The zero-order valence-corrected chi connectivity index (χ0v) is 15.2. The molecule has 8 heteroatoms. The van der Waals surface area contributed by atoms with Crippen LogP contribution >= 0.6 is 0 Å². The third kappa shape index (κ3) is 6.02. The van der Waals surface area contributed by atoms with Gasteiger partial charge >= 0.3 is 5.97 Å². The third-order valence-corrected chi connectivity index (χ3v) is 4.03. The van der Waals surface area contributed by atoms with Crippen molar-refractivity contribution < 1.29 is 28.7 Å². The van der Waals surface area contributed by atoms with Crippen molar-refractivity contribution in [3.63, 3.8) is 0 Å². The van der Waals surface area contributed by atoms with Crippen LogP contribution in [0.15, 0.2) is 24.3 Å². The molecular weight excluding hydrogens is 352 g/mol. The van der Waals surface area contributed by atoms with Gasteiger partial charge in [0, 0.05) is 37.1 Å². The summed E-state index contributed by atoms with van der Waals surface area (Å²) in [5.41, 5.74) is 0.933. The summed E-state index contributed by atoms with van der Waals surface area (Å²) in [6.07, 6.45) is 1.36. The molecule has 0 aliphatic carbocycles. The fraction of sp³-hybridized carbons (Fsp3) is 0.421. The van der Waals surface area contributed by atoms with Gasteiger partial charge in [0.05, 0.1) is 6.42 Å². The third-order valence-electron chi connectivity index (χ3n) is 4.03. The number of nitrogens with zero attached hydrogens (tertiary/aromatic N) is 1. The van der Waals surface area contributed by atoms with E-state index in [1.54, 1.807) is 24.3 Å². The maximum absolute atomic E-state index is 12.1. The van der Waals surface area contributed by atoms with Gasteiger partial charge in [-0.25, -0.2) is 0 Å². The summed E-state index contributed by atoms with van der Waals surface area (Å²) in [6.45, 7) is 1.45. The smallest absolute Gasteiger partial charge is 0.308 e. The second kappa shape index (κ2) is 9.61. The van der Waals surface area contributed by atoms with E-state index in [-0.39, 0.29) is 49.3 Å². The Morgan fingerprint density at radius 3 is 2.26 bits per heavy atom. The van der Waals surface area contributed by atoms with Crippen molar-refractivity contribution in [3.05, 3.63) is 29.8 Å². The summed E-state index contributed by atoms with van der Waals surface area (Å²) in [6, 6.07) is 6.29. The summed E-state index contributed by atoms with van der Waals surface area (Å²) >= 11 is 0. The first-order valence-electron chi connectivity index (χ1n) is 8.82. The Hall–Kier alpha value is -3.03. The molecule has 0 atom stereocenters. The maximum Gasteiger partial charge on any atom is 0.308 e. The minimum Gasteiger partial charge on any atom is -0.457 e. The van der Waals surface area contributed by atoms with Gasteiger partial charge < -0.3 is 10.1 Å². The molecule has 1 aliphatic rings. The molecule has 0 spiro atoms. The highest BCUT2D eigenvalue weighted by Gasteiger charge is 2.29. The normalized spacial score (nSPS) is 13.6. The molecule has 1 saturated heterocycles. The van der Waals surface area contributed by atoms with Crippen molar-refractivity contribution in [2.24, 2.45) is 0 Å². The van der Waals surface area contributed by atoms with Crippen molar-refractivity contribution in [1.29, 1.82) is 0 Å². The number of nitrogens with one attached hydrogen (secondary N) is 1. The van der Waals surface area contributed by atoms with Gasteiger partial charge in [-0.15, -0.1) is 0 Å². The summed E-state index contributed by atoms with van der Waals surface area (Å²) < 4.78 is 4.91. The second-order valence-corrected chi connectivity index (χ2v) is 6.15. The number of ketones is 1. The molecule has 0 unspecified atom stereocenters. The molecule has 0 radical (unpaired) electrons. The Bertz CT molecular complexity index is 725. The standard InChI is InChI=1S/C19H22N2O6/c1-2-3-16(23)20-14-6-4-13(5-7-14)15(22)12-27-19(26)10-11-21-17(24)8-9-18(21)25/h4-7H,2-3,8-12H2,1H3,(H,20,23). The number of carbonyl (C=O) groups excluding carboxylic acids is 5. The molecule has 2 rings (SSSR count). The van der Waals surface area contributed by atoms with E-state index in [4.69, 9.17) is 4.74 Å². The first-order valence-corrected chi connectivity index (χ1v) is 8.82. The number of likely N-dealkylation sites (tertiary alicyclic amines) is 1. The van der Waals surface area contributed by atoms with Crippen LogP contribution in [-0.2, 0) is 23.9 Å². The molecule has 1 aromatic rings. The summed E-state index contributed by atoms with van der Waals surface area (Å²) in [5, 5.41) is 2.71. The number of hydrogen-bond acceptors (Lipinski definition) is 6. The Balaban J connectivity index is 1.76. The number of amides is 3. The predicted molar refractivity (Wildman–Crippen MR) is 95.8 cm³/mol. The second-order valence-electron chi connectivity index (χ2n) is 6.15. The van der Waals surface area contributed by atoms with Crippen LogP contribution in [0.4, 0.5) is 5.69 Å². The van der Waals surface area contributed by atoms with E-state index < -0.39 is 12.6 Å². The average Bonchev–Trinajstić information content (AvgIpc) is 2.96. The van der Waals surface area contributed by atoms with Gasteiger partial charge in [0.25, 0.3) is 0 Å². The maximum atomic E-state index is 12.1. The fourth-order valence-corrected chi connectivity index (χ4v) is 2.57. The minimum atomic E-state index is -0.653. The van der Waals surface area contributed by atoms with Gasteiger partial charge in [-0.2, -0.15) is 0 Å². The largest absolute Gasteiger partial charge is 0.457 e. The monoisotopic (exact) mass is 374 g/mol. The number of carbonyl (C=O) groups is 5.